The van der Waals surface area contributed by atoms with Gasteiger partial charge in [-0.15, -0.1) is 0 Å². The third-order valence-electron chi connectivity index (χ3n) is 12.0. The predicted octanol–water partition coefficient (Wildman–Crippen LogP) is 12.4. The summed E-state index contributed by atoms with van der Waals surface area (Å²) in [6.45, 7) is 0. The Labute approximate surface area is 321 Å². The van der Waals surface area contributed by atoms with Gasteiger partial charge in [0.05, 0.1) is 11.0 Å². The van der Waals surface area contributed by atoms with Crippen molar-refractivity contribution in [2.75, 3.05) is 0 Å². The number of hydrogen-bond donors (Lipinski definition) is 0. The maximum absolute atomic E-state index is 5.16. The molecule has 8 aromatic rings. The summed E-state index contributed by atoms with van der Waals surface area (Å²) >= 11 is 0. The Hall–Kier alpha value is -6.51. The number of nitrogens with zero attached hydrogens (tertiary/aromatic N) is 2. The molecular weight excluding hydrogens is 665 g/mol. The molecule has 11 rings (SSSR count). The number of aryl methyl sites for hydroxylation is 1. The van der Waals surface area contributed by atoms with Gasteiger partial charge in [-0.05, 0) is 145 Å². The van der Waals surface area contributed by atoms with Crippen LogP contribution in [0.5, 0.6) is 0 Å². The first-order chi connectivity index (χ1) is 27.3. The van der Waals surface area contributed by atoms with Gasteiger partial charge >= 0.3 is 0 Å². The molecule has 7 aromatic carbocycles. The smallest absolute Gasteiger partial charge is 0.145 e. The van der Waals surface area contributed by atoms with Crippen molar-refractivity contribution < 1.29 is 0 Å². The quantitative estimate of drug-likeness (QED) is 0.174. The molecular formula is C53H40N2. The molecule has 1 aromatic heterocycles. The first-order valence-corrected chi connectivity index (χ1v) is 19.8. The van der Waals surface area contributed by atoms with E-state index in [4.69, 9.17) is 4.98 Å². The van der Waals surface area contributed by atoms with Crippen LogP contribution in [0.2, 0.25) is 0 Å². The summed E-state index contributed by atoms with van der Waals surface area (Å²) in [4.78, 5) is 5.16. The van der Waals surface area contributed by atoms with Crippen LogP contribution >= 0.6 is 0 Å². The molecule has 2 nitrogen and oxygen atoms in total. The average molecular weight is 705 g/mol. The van der Waals surface area contributed by atoms with Crippen molar-refractivity contribution in [1.29, 1.82) is 0 Å². The molecule has 0 saturated carbocycles. The van der Waals surface area contributed by atoms with Gasteiger partial charge < -0.3 is 0 Å². The van der Waals surface area contributed by atoms with Gasteiger partial charge in [-0.25, -0.2) is 4.98 Å². The normalized spacial score (nSPS) is 14.9. The van der Waals surface area contributed by atoms with E-state index in [1.54, 1.807) is 0 Å². The van der Waals surface area contributed by atoms with E-state index in [1.165, 1.54) is 82.2 Å². The molecule has 3 aliphatic carbocycles. The second-order valence-corrected chi connectivity index (χ2v) is 15.2. The first-order valence-electron chi connectivity index (χ1n) is 19.8. The zero-order valence-electron chi connectivity index (χ0n) is 30.8. The highest BCUT2D eigenvalue weighted by atomic mass is 15.1. The second kappa shape index (κ2) is 13.1. The number of allylic oxidation sites excluding steroid dienone is 5. The van der Waals surface area contributed by atoms with E-state index in [0.29, 0.717) is 0 Å². The summed E-state index contributed by atoms with van der Waals surface area (Å²) in [5.41, 5.74) is 15.3. The van der Waals surface area contributed by atoms with Crippen molar-refractivity contribution >= 4 is 62.1 Å². The first kappa shape index (κ1) is 32.0. The van der Waals surface area contributed by atoms with Gasteiger partial charge in [0, 0.05) is 11.3 Å². The van der Waals surface area contributed by atoms with E-state index in [0.717, 1.165) is 60.9 Å². The Bertz CT molecular complexity index is 3080. The summed E-state index contributed by atoms with van der Waals surface area (Å²) in [5.74, 6) is 0.997. The minimum absolute atomic E-state index is 0.997. The zero-order chi connectivity index (χ0) is 36.3. The molecule has 55 heavy (non-hydrogen) atoms. The van der Waals surface area contributed by atoms with Crippen molar-refractivity contribution in [1.82, 2.24) is 9.55 Å². The molecule has 3 aliphatic rings. The molecule has 2 heteroatoms. The molecule has 0 fully saturated rings. The number of para-hydroxylation sites is 2. The van der Waals surface area contributed by atoms with E-state index in [9.17, 15) is 0 Å². The highest BCUT2D eigenvalue weighted by Crippen LogP contribution is 2.39. The summed E-state index contributed by atoms with van der Waals surface area (Å²) in [5, 5.41) is 7.97. The Morgan fingerprint density at radius 2 is 1.27 bits per heavy atom. The van der Waals surface area contributed by atoms with Crippen molar-refractivity contribution in [3.63, 3.8) is 0 Å². The summed E-state index contributed by atoms with van der Waals surface area (Å²) in [6, 6.07) is 49.5. The SMILES string of the molecule is C1=CCCC(n2c(-c3ccc(-c4ccc5c(C6=Cc7ccccc7CC6)c6c(c(-c7ccc8ccccc8c7)c5c4)=CCCC=6)cc3)nc3ccccc32)=C1. The molecule has 0 spiro atoms. The van der Waals surface area contributed by atoms with E-state index >= 15 is 0 Å². The molecule has 0 bridgehead atoms. The van der Waals surface area contributed by atoms with Crippen LogP contribution in [-0.2, 0) is 6.42 Å². The molecule has 0 radical (unpaired) electrons. The highest BCUT2D eigenvalue weighted by molar-refractivity contribution is 6.08. The van der Waals surface area contributed by atoms with E-state index in [1.807, 2.05) is 0 Å². The highest BCUT2D eigenvalue weighted by Gasteiger charge is 2.21. The largest absolute Gasteiger partial charge is 0.296 e. The van der Waals surface area contributed by atoms with Gasteiger partial charge in [0.1, 0.15) is 5.82 Å². The molecule has 0 atom stereocenters. The van der Waals surface area contributed by atoms with Gasteiger partial charge in [-0.1, -0.05) is 140 Å². The standard InChI is InChI=1S/C53H40N2/c1-2-16-44(17-3-1)55-50-21-11-10-20-49(50)54-53(55)38-26-22-37(23-27-38)41-30-31-47-48(34-41)52(43-29-25-36-13-5-7-15-40(36)33-43)46-19-9-8-18-45(46)51(47)42-28-24-35-12-4-6-14-39(35)32-42/h1-2,4-7,10-16,18-23,25-27,29-34H,3,8-9,17,24,28H2. The number of benzene rings is 7. The molecule has 1 heterocycles. The minimum Gasteiger partial charge on any atom is -0.296 e. The van der Waals surface area contributed by atoms with E-state index in [2.05, 4.69) is 174 Å². The zero-order valence-corrected chi connectivity index (χ0v) is 30.8. The lowest BCUT2D eigenvalue weighted by Crippen LogP contribution is -2.33. The Kier molecular flexibility index (Phi) is 7.62. The predicted molar refractivity (Wildman–Crippen MR) is 234 cm³/mol. The van der Waals surface area contributed by atoms with E-state index in [-0.39, 0.29) is 0 Å². The van der Waals surface area contributed by atoms with Gasteiger partial charge in [0.25, 0.3) is 0 Å². The molecule has 0 saturated heterocycles. The fraction of sp³-hybridized carbons (Fsp3) is 0.113. The fourth-order valence-electron chi connectivity index (χ4n) is 9.32. The lowest BCUT2D eigenvalue weighted by atomic mass is 9.81. The summed E-state index contributed by atoms with van der Waals surface area (Å²) < 4.78 is 2.36. The maximum Gasteiger partial charge on any atom is 0.145 e. The monoisotopic (exact) mass is 704 g/mol. The van der Waals surface area contributed by atoms with Gasteiger partial charge in [0.2, 0.25) is 0 Å². The number of aromatic nitrogens is 2. The molecule has 0 N–H and O–H groups in total. The third-order valence-corrected chi connectivity index (χ3v) is 12.0. The number of fused-ring (bicyclic) bond motifs is 5. The Balaban J connectivity index is 1.11. The maximum atomic E-state index is 5.16. The summed E-state index contributed by atoms with van der Waals surface area (Å²) in [7, 11) is 0. The lowest BCUT2D eigenvalue weighted by molar-refractivity contribution is 0.960. The molecule has 262 valence electrons. The van der Waals surface area contributed by atoms with Crippen LogP contribution in [0.3, 0.4) is 0 Å². The van der Waals surface area contributed by atoms with Crippen LogP contribution in [-0.4, -0.2) is 9.55 Å². The van der Waals surface area contributed by atoms with Crippen LogP contribution in [0.15, 0.2) is 152 Å². The van der Waals surface area contributed by atoms with Gasteiger partial charge in [0.15, 0.2) is 0 Å². The number of hydrogen-bond acceptors (Lipinski definition) is 1. The van der Waals surface area contributed by atoms with Crippen LogP contribution in [0.4, 0.5) is 0 Å². The van der Waals surface area contributed by atoms with E-state index < -0.39 is 0 Å². The van der Waals surface area contributed by atoms with Crippen molar-refractivity contribution in [2.45, 2.75) is 38.5 Å². The third kappa shape index (κ3) is 5.43. The fourth-order valence-corrected chi connectivity index (χ4v) is 9.32. The number of imidazole rings is 1. The van der Waals surface area contributed by atoms with Crippen molar-refractivity contribution in [2.24, 2.45) is 0 Å². The summed E-state index contributed by atoms with van der Waals surface area (Å²) in [6.07, 6.45) is 20.4. The molecule has 0 aliphatic heterocycles. The van der Waals surface area contributed by atoms with Crippen LogP contribution in [0.25, 0.3) is 95.7 Å². The van der Waals surface area contributed by atoms with Gasteiger partial charge in [-0.3, -0.25) is 4.57 Å². The average Bonchev–Trinajstić information content (AvgIpc) is 3.65. The topological polar surface area (TPSA) is 17.8 Å². The Morgan fingerprint density at radius 3 is 2.15 bits per heavy atom. The Morgan fingerprint density at radius 1 is 0.527 bits per heavy atom. The second-order valence-electron chi connectivity index (χ2n) is 15.2. The van der Waals surface area contributed by atoms with Crippen molar-refractivity contribution in [3.8, 4) is 33.6 Å². The van der Waals surface area contributed by atoms with Gasteiger partial charge in [-0.2, -0.15) is 0 Å². The van der Waals surface area contributed by atoms with Crippen molar-refractivity contribution in [3.05, 3.63) is 179 Å². The lowest BCUT2D eigenvalue weighted by Gasteiger charge is -2.23. The van der Waals surface area contributed by atoms with Crippen LogP contribution in [0.1, 0.15) is 48.8 Å². The number of rotatable bonds is 5. The molecule has 0 amide bonds. The molecule has 0 unspecified atom stereocenters. The van der Waals surface area contributed by atoms with Crippen LogP contribution < -0.4 is 10.4 Å². The van der Waals surface area contributed by atoms with Crippen LogP contribution in [0, 0.1) is 0 Å². The minimum atomic E-state index is 0.997.